The van der Waals surface area contributed by atoms with Gasteiger partial charge in [-0.15, -0.1) is 24.0 Å². The molecule has 1 N–H and O–H groups in total. The van der Waals surface area contributed by atoms with Crippen LogP contribution >= 0.6 is 24.0 Å². The Morgan fingerprint density at radius 1 is 1.09 bits per heavy atom. The lowest BCUT2D eigenvalue weighted by molar-refractivity contribution is 0.0179. The van der Waals surface area contributed by atoms with Crippen LogP contribution in [-0.4, -0.2) is 82.5 Å². The molecule has 1 aromatic carbocycles. The summed E-state index contributed by atoms with van der Waals surface area (Å²) in [6.07, 6.45) is 5.54. The van der Waals surface area contributed by atoms with Gasteiger partial charge in [-0.1, -0.05) is 18.9 Å². The first-order valence-electron chi connectivity index (χ1n) is 12.3. The van der Waals surface area contributed by atoms with Gasteiger partial charge in [0.1, 0.15) is 0 Å². The molecule has 2 aliphatic heterocycles. The maximum absolute atomic E-state index is 5.62. The number of fused-ring (bicyclic) bond motifs is 1. The minimum atomic E-state index is 0. The molecule has 2 saturated heterocycles. The third-order valence-electron chi connectivity index (χ3n) is 7.30. The van der Waals surface area contributed by atoms with Crippen molar-refractivity contribution in [2.75, 3.05) is 66.7 Å². The van der Waals surface area contributed by atoms with Crippen LogP contribution < -0.4 is 14.8 Å². The van der Waals surface area contributed by atoms with Gasteiger partial charge >= 0.3 is 0 Å². The first-order chi connectivity index (χ1) is 15.7. The van der Waals surface area contributed by atoms with Crippen molar-refractivity contribution < 1.29 is 14.2 Å². The molecule has 1 saturated carbocycles. The summed E-state index contributed by atoms with van der Waals surface area (Å²) in [5.74, 6) is 4.28. The molecule has 0 radical (unpaired) electrons. The van der Waals surface area contributed by atoms with Crippen LogP contribution in [0.5, 0.6) is 11.5 Å². The Balaban J connectivity index is 0.00000306. The minimum absolute atomic E-state index is 0. The first-order valence-corrected chi connectivity index (χ1v) is 12.3. The predicted octanol–water partition coefficient (Wildman–Crippen LogP) is 3.78. The van der Waals surface area contributed by atoms with E-state index in [4.69, 9.17) is 19.2 Å². The third-order valence-corrected chi connectivity index (χ3v) is 7.30. The number of guanidine groups is 1. The number of morpholine rings is 1. The van der Waals surface area contributed by atoms with Crippen LogP contribution in [0.25, 0.3) is 0 Å². The standard InChI is InChI=1S/C25H40N4O3.HI/c1-4-26-25(29-17-20-7-5-6-8-21(20)18-29)27-16-22(28-11-13-32-14-12-28)19-9-10-23(30-2)24(15-19)31-3;/h9-10,15,20-22H,4-8,11-14,16-18H2,1-3H3,(H,26,27);1H. The molecule has 33 heavy (non-hydrogen) atoms. The third kappa shape index (κ3) is 6.45. The van der Waals surface area contributed by atoms with Crippen LogP contribution in [0.4, 0.5) is 0 Å². The molecule has 3 fully saturated rings. The molecule has 0 bridgehead atoms. The van der Waals surface area contributed by atoms with E-state index in [9.17, 15) is 0 Å². The summed E-state index contributed by atoms with van der Waals surface area (Å²) >= 11 is 0. The second kappa shape index (κ2) is 13.0. The van der Waals surface area contributed by atoms with Gasteiger partial charge in [-0.05, 0) is 49.3 Å². The molecule has 4 rings (SSSR count). The Morgan fingerprint density at radius 3 is 2.36 bits per heavy atom. The van der Waals surface area contributed by atoms with Crippen molar-refractivity contribution in [3.63, 3.8) is 0 Å². The molecule has 1 aliphatic carbocycles. The zero-order valence-electron chi connectivity index (χ0n) is 20.4. The van der Waals surface area contributed by atoms with E-state index in [1.54, 1.807) is 14.2 Å². The summed E-state index contributed by atoms with van der Waals surface area (Å²) in [5.41, 5.74) is 1.21. The number of aliphatic imine (C=N–C) groups is 1. The van der Waals surface area contributed by atoms with Crippen molar-refractivity contribution in [3.8, 4) is 11.5 Å². The van der Waals surface area contributed by atoms with Gasteiger partial charge in [-0.25, -0.2) is 0 Å². The Bertz CT molecular complexity index is 758. The molecule has 0 aromatic heterocycles. The van der Waals surface area contributed by atoms with E-state index in [1.807, 2.05) is 6.07 Å². The zero-order chi connectivity index (χ0) is 22.3. The van der Waals surface area contributed by atoms with Crippen LogP contribution in [0.15, 0.2) is 23.2 Å². The Morgan fingerprint density at radius 2 is 1.76 bits per heavy atom. The highest BCUT2D eigenvalue weighted by Gasteiger charge is 2.35. The van der Waals surface area contributed by atoms with E-state index in [2.05, 4.69) is 34.2 Å². The Hall–Kier alpha value is -1.26. The summed E-state index contributed by atoms with van der Waals surface area (Å²) in [4.78, 5) is 10.2. The fraction of sp³-hybridized carbons (Fsp3) is 0.720. The number of nitrogens with one attached hydrogen (secondary N) is 1. The number of hydrogen-bond acceptors (Lipinski definition) is 5. The largest absolute Gasteiger partial charge is 0.493 e. The summed E-state index contributed by atoms with van der Waals surface area (Å²) in [6, 6.07) is 6.43. The Labute approximate surface area is 216 Å². The quantitative estimate of drug-likeness (QED) is 0.305. The van der Waals surface area contributed by atoms with Gasteiger partial charge in [0.2, 0.25) is 0 Å². The summed E-state index contributed by atoms with van der Waals surface area (Å²) in [7, 11) is 3.37. The number of rotatable bonds is 7. The SMILES string of the molecule is CCNC(=NCC(c1ccc(OC)c(OC)c1)N1CCOCC1)N1CC2CCCCC2C1.I. The molecule has 8 heteroatoms. The maximum atomic E-state index is 5.62. The second-order valence-corrected chi connectivity index (χ2v) is 9.18. The van der Waals surface area contributed by atoms with Crippen LogP contribution in [-0.2, 0) is 4.74 Å². The lowest BCUT2D eigenvalue weighted by atomic mass is 9.82. The summed E-state index contributed by atoms with van der Waals surface area (Å²) in [5, 5.41) is 3.57. The van der Waals surface area contributed by atoms with Crippen LogP contribution in [0.2, 0.25) is 0 Å². The van der Waals surface area contributed by atoms with Crippen molar-refractivity contribution in [1.29, 1.82) is 0 Å². The van der Waals surface area contributed by atoms with Crippen LogP contribution in [0.3, 0.4) is 0 Å². The minimum Gasteiger partial charge on any atom is -0.493 e. The van der Waals surface area contributed by atoms with Gasteiger partial charge in [0, 0.05) is 32.7 Å². The van der Waals surface area contributed by atoms with E-state index >= 15 is 0 Å². The molecule has 0 spiro atoms. The number of hydrogen-bond donors (Lipinski definition) is 1. The van der Waals surface area contributed by atoms with E-state index in [-0.39, 0.29) is 30.0 Å². The molecule has 2 heterocycles. The van der Waals surface area contributed by atoms with Gasteiger partial charge in [0.25, 0.3) is 0 Å². The maximum Gasteiger partial charge on any atom is 0.194 e. The smallest absolute Gasteiger partial charge is 0.194 e. The van der Waals surface area contributed by atoms with Crippen molar-refractivity contribution in [3.05, 3.63) is 23.8 Å². The second-order valence-electron chi connectivity index (χ2n) is 9.18. The van der Waals surface area contributed by atoms with Crippen molar-refractivity contribution in [2.45, 2.75) is 38.6 Å². The molecule has 7 nitrogen and oxygen atoms in total. The summed E-state index contributed by atoms with van der Waals surface area (Å²) < 4.78 is 16.7. The highest BCUT2D eigenvalue weighted by atomic mass is 127. The molecule has 186 valence electrons. The highest BCUT2D eigenvalue weighted by Crippen LogP contribution is 2.36. The lowest BCUT2D eigenvalue weighted by Gasteiger charge is -2.34. The van der Waals surface area contributed by atoms with E-state index < -0.39 is 0 Å². The van der Waals surface area contributed by atoms with Gasteiger partial charge in [-0.3, -0.25) is 9.89 Å². The molecule has 1 aromatic rings. The fourth-order valence-corrected chi connectivity index (χ4v) is 5.56. The molecule has 3 aliphatic rings. The number of likely N-dealkylation sites (tertiary alicyclic amines) is 1. The van der Waals surface area contributed by atoms with E-state index in [0.717, 1.165) is 75.2 Å². The fourth-order valence-electron chi connectivity index (χ4n) is 5.56. The number of ether oxygens (including phenoxy) is 3. The monoisotopic (exact) mass is 572 g/mol. The van der Waals surface area contributed by atoms with E-state index in [1.165, 1.54) is 31.2 Å². The van der Waals surface area contributed by atoms with Gasteiger partial charge in [0.15, 0.2) is 17.5 Å². The molecule has 3 atom stereocenters. The highest BCUT2D eigenvalue weighted by molar-refractivity contribution is 14.0. The summed E-state index contributed by atoms with van der Waals surface area (Å²) in [6.45, 7) is 9.42. The van der Waals surface area contributed by atoms with Crippen LogP contribution in [0, 0.1) is 11.8 Å². The van der Waals surface area contributed by atoms with Crippen molar-refractivity contribution in [2.24, 2.45) is 16.8 Å². The van der Waals surface area contributed by atoms with Gasteiger partial charge in [0.05, 0.1) is 40.0 Å². The molecule has 3 unspecified atom stereocenters. The normalized spacial score (nSPS) is 24.6. The number of benzene rings is 1. The number of methoxy groups -OCH3 is 2. The Kier molecular flexibility index (Phi) is 10.4. The van der Waals surface area contributed by atoms with Crippen molar-refractivity contribution >= 4 is 29.9 Å². The molecular weight excluding hydrogens is 531 g/mol. The average molecular weight is 573 g/mol. The average Bonchev–Trinajstić information content (AvgIpc) is 3.28. The predicted molar refractivity (Wildman–Crippen MR) is 143 cm³/mol. The van der Waals surface area contributed by atoms with Crippen molar-refractivity contribution in [1.82, 2.24) is 15.1 Å². The van der Waals surface area contributed by atoms with Crippen LogP contribution in [0.1, 0.15) is 44.2 Å². The molecular formula is C25H41IN4O3. The number of halogens is 1. The lowest BCUT2D eigenvalue weighted by Crippen LogP contribution is -2.43. The topological polar surface area (TPSA) is 58.6 Å². The van der Waals surface area contributed by atoms with Gasteiger partial charge < -0.3 is 24.4 Å². The first kappa shape index (κ1) is 26.3. The van der Waals surface area contributed by atoms with E-state index in [0.29, 0.717) is 6.54 Å². The number of nitrogens with zero attached hydrogens (tertiary/aromatic N) is 3. The zero-order valence-corrected chi connectivity index (χ0v) is 22.8. The molecule has 0 amide bonds. The van der Waals surface area contributed by atoms with Gasteiger partial charge in [-0.2, -0.15) is 0 Å².